The van der Waals surface area contributed by atoms with E-state index in [2.05, 4.69) is 29.2 Å². The Hall–Kier alpha value is -0.830. The average Bonchev–Trinajstić information content (AvgIpc) is 3.10. The molecule has 1 saturated carbocycles. The molecule has 0 radical (unpaired) electrons. The fourth-order valence-electron chi connectivity index (χ4n) is 3.99. The molecule has 0 amide bonds. The Morgan fingerprint density at radius 2 is 2.21 bits per heavy atom. The van der Waals surface area contributed by atoms with Crippen molar-refractivity contribution in [3.63, 3.8) is 0 Å². The minimum atomic E-state index is 0.337. The van der Waals surface area contributed by atoms with E-state index >= 15 is 0 Å². The maximum Gasteiger partial charge on any atom is 0.0643 e. The van der Waals surface area contributed by atoms with Gasteiger partial charge in [-0.15, -0.1) is 0 Å². The highest BCUT2D eigenvalue weighted by atomic mass is 15.3. The Labute approximate surface area is 116 Å². The van der Waals surface area contributed by atoms with E-state index in [1.54, 1.807) is 0 Å². The minimum Gasteiger partial charge on any atom is -0.311 e. The summed E-state index contributed by atoms with van der Waals surface area (Å²) in [5.41, 5.74) is 1.62. The highest BCUT2D eigenvalue weighted by Crippen LogP contribution is 2.31. The summed E-state index contributed by atoms with van der Waals surface area (Å²) < 4.78 is 2.23. The van der Waals surface area contributed by atoms with Gasteiger partial charge in [-0.05, 0) is 44.7 Å². The van der Waals surface area contributed by atoms with Gasteiger partial charge in [0.2, 0.25) is 0 Å². The van der Waals surface area contributed by atoms with Gasteiger partial charge in [-0.25, -0.2) is 0 Å². The number of hydrogen-bond donors (Lipinski definition) is 1. The maximum absolute atomic E-state index is 4.86. The molecule has 1 aliphatic heterocycles. The molecule has 1 saturated heterocycles. The predicted octanol–water partition coefficient (Wildman–Crippen LogP) is 3.46. The van der Waals surface area contributed by atoms with E-state index in [4.69, 9.17) is 5.10 Å². The third kappa shape index (κ3) is 2.86. The Kier molecular flexibility index (Phi) is 3.92. The number of aromatic nitrogens is 2. The quantitative estimate of drug-likeness (QED) is 0.879. The molecule has 1 unspecified atom stereocenters. The van der Waals surface area contributed by atoms with Crippen LogP contribution in [-0.2, 0) is 6.42 Å². The van der Waals surface area contributed by atoms with Crippen LogP contribution in [0.25, 0.3) is 0 Å². The van der Waals surface area contributed by atoms with Crippen LogP contribution < -0.4 is 5.32 Å². The molecule has 3 heteroatoms. The minimum absolute atomic E-state index is 0.337. The topological polar surface area (TPSA) is 29.9 Å². The van der Waals surface area contributed by atoms with E-state index in [1.165, 1.54) is 63.6 Å². The first-order valence-corrected chi connectivity index (χ1v) is 8.10. The van der Waals surface area contributed by atoms with E-state index in [0.29, 0.717) is 11.6 Å². The number of rotatable bonds is 5. The van der Waals surface area contributed by atoms with Crippen LogP contribution in [0, 0.1) is 0 Å². The van der Waals surface area contributed by atoms with Crippen molar-refractivity contribution in [1.29, 1.82) is 0 Å². The van der Waals surface area contributed by atoms with Crippen LogP contribution in [0.4, 0.5) is 0 Å². The van der Waals surface area contributed by atoms with E-state index < -0.39 is 0 Å². The van der Waals surface area contributed by atoms with Crippen LogP contribution in [0.1, 0.15) is 70.0 Å². The summed E-state index contributed by atoms with van der Waals surface area (Å²) in [5, 5.41) is 8.61. The van der Waals surface area contributed by atoms with E-state index in [-0.39, 0.29) is 0 Å². The zero-order chi connectivity index (χ0) is 13.1. The largest absolute Gasteiger partial charge is 0.311 e. The molecule has 3 rings (SSSR count). The van der Waals surface area contributed by atoms with Gasteiger partial charge in [0.1, 0.15) is 0 Å². The van der Waals surface area contributed by atoms with E-state index in [9.17, 15) is 0 Å². The Morgan fingerprint density at radius 3 is 2.89 bits per heavy atom. The van der Waals surface area contributed by atoms with Crippen LogP contribution in [0.3, 0.4) is 0 Å². The lowest BCUT2D eigenvalue weighted by Gasteiger charge is -2.28. The molecule has 2 heterocycles. The molecule has 2 fully saturated rings. The highest BCUT2D eigenvalue weighted by molar-refractivity contribution is 5.08. The molecule has 3 nitrogen and oxygen atoms in total. The van der Waals surface area contributed by atoms with E-state index in [0.717, 1.165) is 6.42 Å². The molecule has 2 aliphatic rings. The van der Waals surface area contributed by atoms with Crippen molar-refractivity contribution >= 4 is 0 Å². The van der Waals surface area contributed by atoms with Gasteiger partial charge in [0, 0.05) is 18.2 Å². The monoisotopic (exact) mass is 261 g/mol. The molecule has 0 spiro atoms. The lowest BCUT2D eigenvalue weighted by molar-refractivity contribution is 0.336. The molecule has 106 valence electrons. The van der Waals surface area contributed by atoms with Gasteiger partial charge in [-0.3, -0.25) is 4.68 Å². The fourth-order valence-corrected chi connectivity index (χ4v) is 3.99. The first kappa shape index (κ1) is 13.2. The lowest BCUT2D eigenvalue weighted by Crippen LogP contribution is -2.41. The van der Waals surface area contributed by atoms with Crippen LogP contribution >= 0.6 is 0 Å². The van der Waals surface area contributed by atoms with E-state index in [1.807, 2.05) is 0 Å². The van der Waals surface area contributed by atoms with Crippen molar-refractivity contribution in [2.45, 2.75) is 76.3 Å². The predicted molar refractivity (Wildman–Crippen MR) is 78.3 cm³/mol. The SMILES string of the molecule is CCCC1(Cc2ccn(C3CCCC3)n2)CCCN1. The third-order valence-corrected chi connectivity index (χ3v) is 4.94. The molecule has 1 aliphatic carbocycles. The summed E-state index contributed by atoms with van der Waals surface area (Å²) in [6.07, 6.45) is 13.9. The van der Waals surface area contributed by atoms with Gasteiger partial charge in [0.05, 0.1) is 11.7 Å². The zero-order valence-electron chi connectivity index (χ0n) is 12.2. The average molecular weight is 261 g/mol. The first-order chi connectivity index (χ1) is 9.31. The number of nitrogens with zero attached hydrogens (tertiary/aromatic N) is 2. The molecule has 1 aromatic rings. The first-order valence-electron chi connectivity index (χ1n) is 8.10. The molecular weight excluding hydrogens is 234 g/mol. The maximum atomic E-state index is 4.86. The summed E-state index contributed by atoms with van der Waals surface area (Å²) in [6, 6.07) is 2.92. The summed E-state index contributed by atoms with van der Waals surface area (Å²) >= 11 is 0. The summed E-state index contributed by atoms with van der Waals surface area (Å²) in [6.45, 7) is 3.47. The van der Waals surface area contributed by atoms with Crippen LogP contribution in [0.5, 0.6) is 0 Å². The standard InChI is InChI=1S/C16H27N3/c1-2-9-16(10-5-11-17-16)13-14-8-12-19(18-14)15-6-3-4-7-15/h8,12,15,17H,2-7,9-11,13H2,1H3. The Balaban J connectivity index is 1.68. The second kappa shape index (κ2) is 5.66. The third-order valence-electron chi connectivity index (χ3n) is 4.94. The number of hydrogen-bond acceptors (Lipinski definition) is 2. The summed E-state index contributed by atoms with van der Waals surface area (Å²) in [5.74, 6) is 0. The second-order valence-electron chi connectivity index (χ2n) is 6.46. The van der Waals surface area contributed by atoms with Gasteiger partial charge < -0.3 is 5.32 Å². The van der Waals surface area contributed by atoms with Crippen LogP contribution in [0.15, 0.2) is 12.3 Å². The van der Waals surface area contributed by atoms with Gasteiger partial charge in [-0.1, -0.05) is 26.2 Å². The molecule has 1 aromatic heterocycles. The normalized spacial score (nSPS) is 28.3. The van der Waals surface area contributed by atoms with Crippen molar-refractivity contribution in [2.75, 3.05) is 6.54 Å². The van der Waals surface area contributed by atoms with Crippen molar-refractivity contribution in [2.24, 2.45) is 0 Å². The summed E-state index contributed by atoms with van der Waals surface area (Å²) in [4.78, 5) is 0. The Morgan fingerprint density at radius 1 is 1.37 bits per heavy atom. The van der Waals surface area contributed by atoms with Gasteiger partial charge in [0.15, 0.2) is 0 Å². The van der Waals surface area contributed by atoms with Gasteiger partial charge in [-0.2, -0.15) is 5.10 Å². The summed E-state index contributed by atoms with van der Waals surface area (Å²) in [7, 11) is 0. The van der Waals surface area contributed by atoms with Crippen LogP contribution in [-0.4, -0.2) is 21.9 Å². The molecule has 1 atom stereocenters. The molecule has 1 N–H and O–H groups in total. The molecule has 0 aromatic carbocycles. The van der Waals surface area contributed by atoms with Gasteiger partial charge in [0.25, 0.3) is 0 Å². The molecular formula is C16H27N3. The zero-order valence-corrected chi connectivity index (χ0v) is 12.2. The number of nitrogens with one attached hydrogen (secondary N) is 1. The van der Waals surface area contributed by atoms with Crippen molar-refractivity contribution in [3.05, 3.63) is 18.0 Å². The van der Waals surface area contributed by atoms with Crippen LogP contribution in [0.2, 0.25) is 0 Å². The molecule has 19 heavy (non-hydrogen) atoms. The van der Waals surface area contributed by atoms with Gasteiger partial charge >= 0.3 is 0 Å². The second-order valence-corrected chi connectivity index (χ2v) is 6.46. The van der Waals surface area contributed by atoms with Crippen molar-refractivity contribution < 1.29 is 0 Å². The van der Waals surface area contributed by atoms with Crippen molar-refractivity contribution in [1.82, 2.24) is 15.1 Å². The van der Waals surface area contributed by atoms with Crippen molar-refractivity contribution in [3.8, 4) is 0 Å². The highest BCUT2D eigenvalue weighted by Gasteiger charge is 2.33. The fraction of sp³-hybridized carbons (Fsp3) is 0.812. The molecule has 0 bridgehead atoms. The smallest absolute Gasteiger partial charge is 0.0643 e. The Bertz CT molecular complexity index is 398. The lowest BCUT2D eigenvalue weighted by atomic mass is 9.87.